The number of hydrogen-bond acceptors (Lipinski definition) is 0. The minimum absolute atomic E-state index is 0.508. The van der Waals surface area contributed by atoms with Gasteiger partial charge < -0.3 is 0 Å². The van der Waals surface area contributed by atoms with E-state index in [4.69, 9.17) is 11.6 Å². The van der Waals surface area contributed by atoms with E-state index in [1.807, 2.05) is 12.1 Å². The van der Waals surface area contributed by atoms with Crippen molar-refractivity contribution in [2.24, 2.45) is 0 Å². The van der Waals surface area contributed by atoms with Gasteiger partial charge in [0, 0.05) is 0 Å². The van der Waals surface area contributed by atoms with Crippen LogP contribution < -0.4 is 0 Å². The fraction of sp³-hybridized carbons (Fsp3) is 0.250. The summed E-state index contributed by atoms with van der Waals surface area (Å²) < 4.78 is 0.723. The van der Waals surface area contributed by atoms with E-state index in [0.717, 1.165) is 9.53 Å². The van der Waals surface area contributed by atoms with Crippen molar-refractivity contribution in [3.8, 4) is 0 Å². The van der Waals surface area contributed by atoms with Crippen LogP contribution in [0.5, 0.6) is 0 Å². The SMILES string of the molecule is C[CH]([Zn][Br])c1cccc(Cl)c1. The van der Waals surface area contributed by atoms with Crippen LogP contribution in [0.1, 0.15) is 17.0 Å². The Morgan fingerprint density at radius 2 is 2.27 bits per heavy atom. The molecule has 0 spiro atoms. The summed E-state index contributed by atoms with van der Waals surface area (Å²) in [6, 6.07) is 8.12. The maximum atomic E-state index is 5.85. The Bertz CT molecular complexity index is 239. The van der Waals surface area contributed by atoms with E-state index in [-0.39, 0.29) is 0 Å². The Morgan fingerprint density at radius 3 is 2.82 bits per heavy atom. The molecule has 0 fully saturated rings. The van der Waals surface area contributed by atoms with Gasteiger partial charge in [-0.15, -0.1) is 0 Å². The average molecular weight is 285 g/mol. The number of hydrogen-bond donors (Lipinski definition) is 0. The molecule has 0 saturated carbocycles. The Balaban J connectivity index is 2.86. The molecule has 0 aromatic heterocycles. The Labute approximate surface area is 86.3 Å². The summed E-state index contributed by atoms with van der Waals surface area (Å²) in [7, 11) is 0. The first-order valence-electron chi connectivity index (χ1n) is 3.55. The Kier molecular flexibility index (Phi) is 4.05. The molecule has 11 heavy (non-hydrogen) atoms. The van der Waals surface area contributed by atoms with Crippen LogP contribution in [0, 0.1) is 0 Å². The maximum absolute atomic E-state index is 5.85. The number of halogens is 2. The summed E-state index contributed by atoms with van der Waals surface area (Å²) in [5.41, 5.74) is 1.37. The Hall–Kier alpha value is 0.613. The molecule has 0 amide bonds. The van der Waals surface area contributed by atoms with E-state index in [0.29, 0.717) is 0 Å². The zero-order valence-electron chi connectivity index (χ0n) is 6.35. The van der Waals surface area contributed by atoms with Crippen LogP contribution in [0.4, 0.5) is 0 Å². The van der Waals surface area contributed by atoms with Gasteiger partial charge in [-0.2, -0.15) is 0 Å². The number of benzene rings is 1. The summed E-state index contributed by atoms with van der Waals surface area (Å²) in [6.07, 6.45) is 0. The van der Waals surface area contributed by atoms with Gasteiger partial charge in [-0.3, -0.25) is 0 Å². The van der Waals surface area contributed by atoms with Gasteiger partial charge in [0.2, 0.25) is 0 Å². The van der Waals surface area contributed by atoms with Gasteiger partial charge in [0.1, 0.15) is 0 Å². The van der Waals surface area contributed by atoms with Crippen LogP contribution >= 0.6 is 25.2 Å². The zero-order valence-corrected chi connectivity index (χ0v) is 11.7. The second kappa shape index (κ2) is 4.59. The van der Waals surface area contributed by atoms with Crippen LogP contribution in [0.25, 0.3) is 0 Å². The molecule has 0 aliphatic carbocycles. The van der Waals surface area contributed by atoms with Gasteiger partial charge >= 0.3 is 86.7 Å². The van der Waals surface area contributed by atoms with Gasteiger partial charge in [0.15, 0.2) is 0 Å². The van der Waals surface area contributed by atoms with Gasteiger partial charge in [-0.25, -0.2) is 0 Å². The van der Waals surface area contributed by atoms with Crippen molar-refractivity contribution < 1.29 is 15.2 Å². The van der Waals surface area contributed by atoms with E-state index in [9.17, 15) is 0 Å². The molecule has 0 N–H and O–H groups in total. The van der Waals surface area contributed by atoms with Gasteiger partial charge in [0.05, 0.1) is 0 Å². The summed E-state index contributed by atoms with van der Waals surface area (Å²) in [5, 5.41) is 0.845. The van der Waals surface area contributed by atoms with Crippen LogP contribution in [0.3, 0.4) is 0 Å². The molecule has 3 heteroatoms. The molecule has 56 valence electrons. The van der Waals surface area contributed by atoms with Crippen molar-refractivity contribution in [3.05, 3.63) is 34.9 Å². The summed E-state index contributed by atoms with van der Waals surface area (Å²) >= 11 is 8.96. The molecule has 1 aromatic rings. The van der Waals surface area contributed by atoms with Crippen molar-refractivity contribution in [2.75, 3.05) is 0 Å². The van der Waals surface area contributed by atoms with Crippen LogP contribution in [-0.2, 0) is 15.2 Å². The molecule has 1 aromatic carbocycles. The van der Waals surface area contributed by atoms with Crippen molar-refractivity contribution in [1.29, 1.82) is 0 Å². The molecular weight excluding hydrogens is 277 g/mol. The molecule has 0 saturated heterocycles. The molecule has 0 radical (unpaired) electrons. The van der Waals surface area contributed by atoms with Crippen molar-refractivity contribution in [3.63, 3.8) is 0 Å². The van der Waals surface area contributed by atoms with Crippen LogP contribution in [0.15, 0.2) is 24.3 Å². The minimum atomic E-state index is -0.508. The van der Waals surface area contributed by atoms with Crippen molar-refractivity contribution in [2.45, 2.75) is 11.4 Å². The first-order chi connectivity index (χ1) is 5.24. The molecule has 0 aliphatic rings. The topological polar surface area (TPSA) is 0 Å². The first-order valence-corrected chi connectivity index (χ1v) is 12.6. The normalized spacial score (nSPS) is 12.3. The second-order valence-electron chi connectivity index (χ2n) is 2.61. The fourth-order valence-corrected chi connectivity index (χ4v) is 3.95. The molecular formula is C8H8BrClZn. The van der Waals surface area contributed by atoms with Gasteiger partial charge in [-0.1, -0.05) is 0 Å². The second-order valence-corrected chi connectivity index (χ2v) is 9.63. The van der Waals surface area contributed by atoms with Crippen LogP contribution in [0.2, 0.25) is 5.02 Å². The van der Waals surface area contributed by atoms with E-state index in [2.05, 4.69) is 32.7 Å². The molecule has 0 aliphatic heterocycles. The molecule has 0 bridgehead atoms. The molecule has 1 rings (SSSR count). The molecule has 0 nitrogen and oxygen atoms in total. The third-order valence-corrected chi connectivity index (χ3v) is 8.89. The molecule has 1 atom stereocenters. The predicted molar refractivity (Wildman–Crippen MR) is 48.8 cm³/mol. The van der Waals surface area contributed by atoms with Gasteiger partial charge in [0.25, 0.3) is 0 Å². The average Bonchev–Trinajstić information content (AvgIpc) is 2.03. The predicted octanol–water partition coefficient (Wildman–Crippen LogP) is 3.79. The first kappa shape index (κ1) is 9.70. The summed E-state index contributed by atoms with van der Waals surface area (Å²) in [4.78, 5) is 0. The van der Waals surface area contributed by atoms with E-state index >= 15 is 0 Å². The Morgan fingerprint density at radius 1 is 1.55 bits per heavy atom. The molecule has 0 heterocycles. The van der Waals surface area contributed by atoms with E-state index < -0.39 is 15.2 Å². The quantitative estimate of drug-likeness (QED) is 0.725. The monoisotopic (exact) mass is 282 g/mol. The van der Waals surface area contributed by atoms with Crippen molar-refractivity contribution in [1.82, 2.24) is 0 Å². The van der Waals surface area contributed by atoms with Crippen LogP contribution in [-0.4, -0.2) is 0 Å². The molecule has 1 unspecified atom stereocenters. The summed E-state index contributed by atoms with van der Waals surface area (Å²) in [6.45, 7) is 2.25. The van der Waals surface area contributed by atoms with Gasteiger partial charge in [-0.05, 0) is 0 Å². The standard InChI is InChI=1S/C8H8Cl.BrH.Zn/c1-2-7-4-3-5-8(9)6-7;;/h2-6H,1H3;1H;/q;;+1/p-1. The third-order valence-electron chi connectivity index (χ3n) is 1.65. The summed E-state index contributed by atoms with van der Waals surface area (Å²) in [5.74, 6) is 0. The third kappa shape index (κ3) is 2.85. The van der Waals surface area contributed by atoms with E-state index in [1.165, 1.54) is 5.56 Å². The fourth-order valence-electron chi connectivity index (χ4n) is 0.902. The zero-order chi connectivity index (χ0) is 8.27. The van der Waals surface area contributed by atoms with E-state index in [1.54, 1.807) is 0 Å². The number of rotatable bonds is 2. The van der Waals surface area contributed by atoms with Crippen molar-refractivity contribution >= 4 is 25.2 Å².